The van der Waals surface area contributed by atoms with Crippen molar-refractivity contribution in [2.75, 3.05) is 0 Å². The minimum atomic E-state index is -0.280. The second kappa shape index (κ2) is 8.27. The molecule has 1 aliphatic carbocycles. The Hall–Kier alpha value is -2.82. The molecule has 1 N–H and O–H groups in total. The number of benzene rings is 2. The van der Waals surface area contributed by atoms with E-state index in [0.717, 1.165) is 31.2 Å². The largest absolute Gasteiger partial charge is 0.508 e. The van der Waals surface area contributed by atoms with Crippen LogP contribution in [0.15, 0.2) is 54.7 Å². The Labute approximate surface area is 170 Å². The number of phenolic OH excluding ortho intramolecular Hbond substituents is 1. The fraction of sp³-hybridized carbons (Fsp3) is 0.375. The molecule has 152 valence electrons. The molecule has 0 spiro atoms. The van der Waals surface area contributed by atoms with Gasteiger partial charge in [-0.15, -0.1) is 0 Å². The lowest BCUT2D eigenvalue weighted by Gasteiger charge is -2.31. The van der Waals surface area contributed by atoms with Gasteiger partial charge in [0, 0.05) is 17.8 Å². The van der Waals surface area contributed by atoms with E-state index in [4.69, 9.17) is 4.74 Å². The SMILES string of the molecule is CC(Oc1cccc(F)c1)C1CCC(C=CN2Cc3ccc(O)cc3C2=O)CC1. The van der Waals surface area contributed by atoms with Gasteiger partial charge in [-0.05, 0) is 74.3 Å². The number of halogens is 1. The van der Waals surface area contributed by atoms with Crippen molar-refractivity contribution >= 4 is 5.91 Å². The fourth-order valence-electron chi connectivity index (χ4n) is 4.32. The number of rotatable bonds is 5. The Balaban J connectivity index is 1.28. The van der Waals surface area contributed by atoms with Crippen LogP contribution in [0.3, 0.4) is 0 Å². The third kappa shape index (κ3) is 4.44. The lowest BCUT2D eigenvalue weighted by molar-refractivity contribution is 0.0840. The third-order valence-corrected chi connectivity index (χ3v) is 6.06. The molecule has 1 fully saturated rings. The summed E-state index contributed by atoms with van der Waals surface area (Å²) in [6.45, 7) is 2.61. The van der Waals surface area contributed by atoms with Gasteiger partial charge in [0.05, 0.1) is 12.6 Å². The van der Waals surface area contributed by atoms with Crippen LogP contribution in [-0.2, 0) is 6.54 Å². The summed E-state index contributed by atoms with van der Waals surface area (Å²) in [7, 11) is 0. The lowest BCUT2D eigenvalue weighted by atomic mass is 9.79. The molecule has 5 heteroatoms. The normalized spacial score (nSPS) is 22.7. The van der Waals surface area contributed by atoms with Crippen LogP contribution in [0.5, 0.6) is 11.5 Å². The lowest BCUT2D eigenvalue weighted by Crippen LogP contribution is -2.28. The number of aromatic hydroxyl groups is 1. The topological polar surface area (TPSA) is 49.8 Å². The Morgan fingerprint density at radius 2 is 1.97 bits per heavy atom. The van der Waals surface area contributed by atoms with Gasteiger partial charge in [0.1, 0.15) is 17.3 Å². The maximum absolute atomic E-state index is 13.3. The number of hydrogen-bond donors (Lipinski definition) is 1. The van der Waals surface area contributed by atoms with Crippen molar-refractivity contribution in [3.8, 4) is 11.5 Å². The molecule has 1 unspecified atom stereocenters. The summed E-state index contributed by atoms with van der Waals surface area (Å²) in [5, 5.41) is 9.59. The Morgan fingerprint density at radius 1 is 1.17 bits per heavy atom. The Bertz CT molecular complexity index is 918. The molecule has 1 aliphatic heterocycles. The van der Waals surface area contributed by atoms with Crippen LogP contribution in [0.2, 0.25) is 0 Å². The summed E-state index contributed by atoms with van der Waals surface area (Å²) in [6, 6.07) is 11.3. The first-order valence-corrected chi connectivity index (χ1v) is 10.2. The van der Waals surface area contributed by atoms with Crippen LogP contribution in [0, 0.1) is 17.7 Å². The van der Waals surface area contributed by atoms with Gasteiger partial charge in [0.2, 0.25) is 0 Å². The zero-order chi connectivity index (χ0) is 20.4. The number of ether oxygens (including phenoxy) is 1. The molecule has 1 atom stereocenters. The van der Waals surface area contributed by atoms with Crippen molar-refractivity contribution in [1.82, 2.24) is 4.90 Å². The molecular formula is C24H26FNO3. The van der Waals surface area contributed by atoms with E-state index in [2.05, 4.69) is 13.0 Å². The van der Waals surface area contributed by atoms with Crippen LogP contribution in [-0.4, -0.2) is 22.0 Å². The highest BCUT2D eigenvalue weighted by Gasteiger charge is 2.28. The standard InChI is InChI=1S/C24H26FNO3/c1-16(29-22-4-2-3-20(25)13-22)18-7-5-17(6-8-18)11-12-26-15-19-9-10-21(27)14-23(19)24(26)28/h2-4,9-14,16-18,27H,5-8,15H2,1H3. The number of fused-ring (bicyclic) bond motifs is 1. The van der Waals surface area contributed by atoms with Gasteiger partial charge in [0.15, 0.2) is 0 Å². The van der Waals surface area contributed by atoms with Crippen molar-refractivity contribution in [2.24, 2.45) is 11.8 Å². The quantitative estimate of drug-likeness (QED) is 0.750. The van der Waals surface area contributed by atoms with Gasteiger partial charge < -0.3 is 14.7 Å². The predicted octanol–water partition coefficient (Wildman–Crippen LogP) is 5.27. The highest BCUT2D eigenvalue weighted by Crippen LogP contribution is 2.34. The van der Waals surface area contributed by atoms with E-state index >= 15 is 0 Å². The Kier molecular flexibility index (Phi) is 5.56. The molecule has 2 aromatic carbocycles. The third-order valence-electron chi connectivity index (χ3n) is 6.06. The number of hydrogen-bond acceptors (Lipinski definition) is 3. The molecule has 1 saturated carbocycles. The molecular weight excluding hydrogens is 369 g/mol. The number of carbonyl (C=O) groups excluding carboxylic acids is 1. The van der Waals surface area contributed by atoms with Gasteiger partial charge in [-0.1, -0.05) is 18.2 Å². The number of nitrogens with zero attached hydrogens (tertiary/aromatic N) is 1. The zero-order valence-corrected chi connectivity index (χ0v) is 16.6. The van der Waals surface area contributed by atoms with Gasteiger partial charge in [-0.3, -0.25) is 4.79 Å². The van der Waals surface area contributed by atoms with Gasteiger partial charge >= 0.3 is 0 Å². The molecule has 1 heterocycles. The minimum absolute atomic E-state index is 0.0454. The summed E-state index contributed by atoms with van der Waals surface area (Å²) >= 11 is 0. The monoisotopic (exact) mass is 395 g/mol. The van der Waals surface area contributed by atoms with Crippen LogP contribution in [0.4, 0.5) is 4.39 Å². The van der Waals surface area contributed by atoms with Crippen molar-refractivity contribution < 1.29 is 19.0 Å². The first-order valence-electron chi connectivity index (χ1n) is 10.2. The second-order valence-corrected chi connectivity index (χ2v) is 8.07. The van der Waals surface area contributed by atoms with Gasteiger partial charge in [-0.25, -0.2) is 4.39 Å². The van der Waals surface area contributed by atoms with E-state index < -0.39 is 0 Å². The van der Waals surface area contributed by atoms with Gasteiger partial charge in [0.25, 0.3) is 5.91 Å². The van der Waals surface area contributed by atoms with E-state index in [0.29, 0.717) is 29.7 Å². The van der Waals surface area contributed by atoms with Crippen molar-refractivity contribution in [1.29, 1.82) is 0 Å². The summed E-state index contributed by atoms with van der Waals surface area (Å²) in [5.41, 5.74) is 1.53. The first-order chi connectivity index (χ1) is 14.0. The molecule has 2 aromatic rings. The Morgan fingerprint density at radius 3 is 2.72 bits per heavy atom. The molecule has 0 radical (unpaired) electrons. The van der Waals surface area contributed by atoms with Gasteiger partial charge in [-0.2, -0.15) is 0 Å². The van der Waals surface area contributed by atoms with Crippen LogP contribution in [0.25, 0.3) is 0 Å². The molecule has 0 saturated heterocycles. The van der Waals surface area contributed by atoms with Crippen molar-refractivity contribution in [3.05, 3.63) is 71.7 Å². The molecule has 29 heavy (non-hydrogen) atoms. The molecule has 2 aliphatic rings. The number of phenols is 1. The smallest absolute Gasteiger partial charge is 0.258 e. The van der Waals surface area contributed by atoms with E-state index in [9.17, 15) is 14.3 Å². The highest BCUT2D eigenvalue weighted by atomic mass is 19.1. The fourth-order valence-corrected chi connectivity index (χ4v) is 4.32. The minimum Gasteiger partial charge on any atom is -0.508 e. The van der Waals surface area contributed by atoms with Crippen molar-refractivity contribution in [3.63, 3.8) is 0 Å². The summed E-state index contributed by atoms with van der Waals surface area (Å²) < 4.78 is 19.3. The van der Waals surface area contributed by atoms with Crippen LogP contribution < -0.4 is 4.74 Å². The van der Waals surface area contributed by atoms with Crippen molar-refractivity contribution in [2.45, 2.75) is 45.3 Å². The maximum Gasteiger partial charge on any atom is 0.258 e. The maximum atomic E-state index is 13.3. The van der Waals surface area contributed by atoms with E-state index in [1.807, 2.05) is 12.3 Å². The predicted molar refractivity (Wildman–Crippen MR) is 109 cm³/mol. The highest BCUT2D eigenvalue weighted by molar-refractivity contribution is 5.99. The number of amides is 1. The average Bonchev–Trinajstić information content (AvgIpc) is 3.02. The summed E-state index contributed by atoms with van der Waals surface area (Å²) in [6.07, 6.45) is 8.28. The zero-order valence-electron chi connectivity index (χ0n) is 16.6. The van der Waals surface area contributed by atoms with E-state index in [-0.39, 0.29) is 23.6 Å². The number of allylic oxidation sites excluding steroid dienone is 1. The van der Waals surface area contributed by atoms with Crippen LogP contribution in [0.1, 0.15) is 48.5 Å². The second-order valence-electron chi connectivity index (χ2n) is 8.07. The first kappa shape index (κ1) is 19.5. The molecule has 4 rings (SSSR count). The molecule has 1 amide bonds. The molecule has 0 bridgehead atoms. The van der Waals surface area contributed by atoms with E-state index in [1.54, 1.807) is 23.1 Å². The number of carbonyl (C=O) groups is 1. The summed E-state index contributed by atoms with van der Waals surface area (Å²) in [4.78, 5) is 14.2. The molecule has 0 aromatic heterocycles. The molecule has 4 nitrogen and oxygen atoms in total. The van der Waals surface area contributed by atoms with Crippen LogP contribution >= 0.6 is 0 Å². The van der Waals surface area contributed by atoms with E-state index in [1.165, 1.54) is 18.2 Å². The average molecular weight is 395 g/mol. The summed E-state index contributed by atoms with van der Waals surface area (Å²) in [5.74, 6) is 1.25.